The molecule has 19 heavy (non-hydrogen) atoms. The average Bonchev–Trinajstić information content (AvgIpc) is 2.38. The van der Waals surface area contributed by atoms with Crippen LogP contribution in [0.15, 0.2) is 42.5 Å². The van der Waals surface area contributed by atoms with Gasteiger partial charge in [-0.1, -0.05) is 57.2 Å². The Morgan fingerprint density at radius 2 is 1.68 bits per heavy atom. The van der Waals surface area contributed by atoms with Crippen LogP contribution in [0.2, 0.25) is 0 Å². The van der Waals surface area contributed by atoms with Gasteiger partial charge in [-0.2, -0.15) is 0 Å². The van der Waals surface area contributed by atoms with E-state index in [0.717, 1.165) is 12.0 Å². The van der Waals surface area contributed by atoms with Gasteiger partial charge in [0.1, 0.15) is 5.82 Å². The van der Waals surface area contributed by atoms with Crippen molar-refractivity contribution in [3.63, 3.8) is 0 Å². The van der Waals surface area contributed by atoms with Gasteiger partial charge in [0.15, 0.2) is 0 Å². The lowest BCUT2D eigenvalue weighted by atomic mass is 9.75. The molecule has 0 saturated carbocycles. The van der Waals surface area contributed by atoms with Crippen LogP contribution in [0.4, 0.5) is 4.39 Å². The van der Waals surface area contributed by atoms with Gasteiger partial charge >= 0.3 is 0 Å². The highest BCUT2D eigenvalue weighted by Crippen LogP contribution is 2.35. The summed E-state index contributed by atoms with van der Waals surface area (Å²) in [5, 5.41) is 0. The average molecular weight is 256 g/mol. The molecule has 2 aromatic carbocycles. The number of hydrogen-bond acceptors (Lipinski definition) is 0. The molecule has 0 aromatic heterocycles. The van der Waals surface area contributed by atoms with Crippen LogP contribution in [0.1, 0.15) is 43.0 Å². The first-order valence-corrected chi connectivity index (χ1v) is 6.82. The predicted molar refractivity (Wildman–Crippen MR) is 79.1 cm³/mol. The zero-order valence-corrected chi connectivity index (χ0v) is 12.1. The lowest BCUT2D eigenvalue weighted by molar-refractivity contribution is 0.546. The van der Waals surface area contributed by atoms with Crippen LogP contribution >= 0.6 is 0 Å². The Balaban J connectivity index is 2.53. The van der Waals surface area contributed by atoms with Crippen LogP contribution in [0.3, 0.4) is 0 Å². The minimum Gasteiger partial charge on any atom is -0.207 e. The van der Waals surface area contributed by atoms with Gasteiger partial charge in [0.25, 0.3) is 0 Å². The molecule has 0 N–H and O–H groups in total. The Labute approximate surface area is 115 Å². The number of hydrogen-bond donors (Lipinski definition) is 0. The van der Waals surface area contributed by atoms with Crippen molar-refractivity contribution in [2.24, 2.45) is 0 Å². The fourth-order valence-corrected chi connectivity index (χ4v) is 2.76. The molecule has 2 rings (SSSR count). The van der Waals surface area contributed by atoms with Gasteiger partial charge in [0.05, 0.1) is 0 Å². The Morgan fingerprint density at radius 1 is 1.00 bits per heavy atom. The molecule has 0 heterocycles. The van der Waals surface area contributed by atoms with E-state index >= 15 is 0 Å². The van der Waals surface area contributed by atoms with Gasteiger partial charge in [-0.05, 0) is 41.7 Å². The summed E-state index contributed by atoms with van der Waals surface area (Å²) in [7, 11) is 0. The maximum atomic E-state index is 14.0. The Hall–Kier alpha value is -1.63. The molecule has 2 aromatic rings. The van der Waals surface area contributed by atoms with Crippen molar-refractivity contribution in [2.75, 3.05) is 0 Å². The second-order valence-corrected chi connectivity index (χ2v) is 5.61. The number of benzene rings is 2. The molecule has 0 saturated heterocycles. The summed E-state index contributed by atoms with van der Waals surface area (Å²) in [6.07, 6.45) is 1.03. The molecule has 0 bridgehead atoms. The van der Waals surface area contributed by atoms with Crippen LogP contribution < -0.4 is 0 Å². The Morgan fingerprint density at radius 3 is 2.26 bits per heavy atom. The van der Waals surface area contributed by atoms with Gasteiger partial charge in [0, 0.05) is 5.41 Å². The molecular formula is C18H21F. The molecule has 0 aliphatic heterocycles. The lowest BCUT2D eigenvalue weighted by Gasteiger charge is -2.28. The number of aryl methyl sites for hydroxylation is 2. The lowest BCUT2D eigenvalue weighted by Crippen LogP contribution is -2.22. The van der Waals surface area contributed by atoms with Crippen LogP contribution in [0, 0.1) is 12.7 Å². The highest BCUT2D eigenvalue weighted by Gasteiger charge is 2.27. The van der Waals surface area contributed by atoms with Crippen LogP contribution in [-0.2, 0) is 11.8 Å². The molecule has 0 aliphatic carbocycles. The van der Waals surface area contributed by atoms with Crippen LogP contribution in [0.5, 0.6) is 0 Å². The largest absolute Gasteiger partial charge is 0.207 e. The number of rotatable bonds is 3. The summed E-state index contributed by atoms with van der Waals surface area (Å²) < 4.78 is 14.0. The van der Waals surface area contributed by atoms with E-state index < -0.39 is 0 Å². The van der Waals surface area contributed by atoms with Crippen molar-refractivity contribution in [1.82, 2.24) is 0 Å². The molecule has 0 atom stereocenters. The summed E-state index contributed by atoms with van der Waals surface area (Å²) in [5.74, 6) is -0.133. The first-order valence-electron chi connectivity index (χ1n) is 6.82. The smallest absolute Gasteiger partial charge is 0.127 e. The maximum Gasteiger partial charge on any atom is 0.127 e. The van der Waals surface area contributed by atoms with Gasteiger partial charge in [-0.15, -0.1) is 0 Å². The van der Waals surface area contributed by atoms with Gasteiger partial charge < -0.3 is 0 Å². The van der Waals surface area contributed by atoms with Gasteiger partial charge in [-0.25, -0.2) is 4.39 Å². The van der Waals surface area contributed by atoms with Crippen molar-refractivity contribution in [1.29, 1.82) is 0 Å². The summed E-state index contributed by atoms with van der Waals surface area (Å²) >= 11 is 0. The highest BCUT2D eigenvalue weighted by molar-refractivity contribution is 5.43. The minimum atomic E-state index is -0.318. The van der Waals surface area contributed by atoms with Crippen molar-refractivity contribution < 1.29 is 4.39 Å². The van der Waals surface area contributed by atoms with E-state index in [1.807, 2.05) is 12.1 Å². The molecule has 1 heteroatoms. The number of halogens is 1. The SMILES string of the molecule is CCc1ccc(C(C)(C)c2ccccc2F)c(C)c1. The van der Waals surface area contributed by atoms with Crippen molar-refractivity contribution in [2.45, 2.75) is 39.5 Å². The first kappa shape index (κ1) is 13.8. The molecule has 100 valence electrons. The molecular weight excluding hydrogens is 235 g/mol. The van der Waals surface area contributed by atoms with Crippen molar-refractivity contribution >= 4 is 0 Å². The van der Waals surface area contributed by atoms with E-state index in [2.05, 4.69) is 45.9 Å². The van der Waals surface area contributed by atoms with Crippen molar-refractivity contribution in [3.05, 3.63) is 70.5 Å². The monoisotopic (exact) mass is 256 g/mol. The summed E-state index contributed by atoms with van der Waals surface area (Å²) in [5.41, 5.74) is 4.18. The van der Waals surface area contributed by atoms with Crippen molar-refractivity contribution in [3.8, 4) is 0 Å². The standard InChI is InChI=1S/C18H21F/c1-5-14-10-11-15(13(2)12-14)18(3,4)16-8-6-7-9-17(16)19/h6-12H,5H2,1-4H3. The molecule has 0 unspecified atom stereocenters. The predicted octanol–water partition coefficient (Wildman–Crippen LogP) is 5.02. The fourth-order valence-electron chi connectivity index (χ4n) is 2.76. The molecule has 0 fully saturated rings. The molecule has 0 spiro atoms. The third-order valence-electron chi connectivity index (χ3n) is 3.92. The highest BCUT2D eigenvalue weighted by atomic mass is 19.1. The molecule has 0 nitrogen and oxygen atoms in total. The normalized spacial score (nSPS) is 11.6. The zero-order chi connectivity index (χ0) is 14.0. The second kappa shape index (κ2) is 5.16. The zero-order valence-electron chi connectivity index (χ0n) is 12.1. The topological polar surface area (TPSA) is 0 Å². The molecule has 0 radical (unpaired) electrons. The van der Waals surface area contributed by atoms with Crippen LogP contribution in [-0.4, -0.2) is 0 Å². The van der Waals surface area contributed by atoms with Gasteiger partial charge in [0.2, 0.25) is 0 Å². The van der Waals surface area contributed by atoms with E-state index in [-0.39, 0.29) is 11.2 Å². The Bertz CT molecular complexity index is 582. The van der Waals surface area contributed by atoms with E-state index in [4.69, 9.17) is 0 Å². The van der Waals surface area contributed by atoms with E-state index in [9.17, 15) is 4.39 Å². The summed E-state index contributed by atoms with van der Waals surface area (Å²) in [4.78, 5) is 0. The minimum absolute atomic E-state index is 0.133. The van der Waals surface area contributed by atoms with Crippen LogP contribution in [0.25, 0.3) is 0 Å². The first-order chi connectivity index (χ1) is 8.96. The second-order valence-electron chi connectivity index (χ2n) is 5.61. The molecule has 0 aliphatic rings. The summed E-state index contributed by atoms with van der Waals surface area (Å²) in [6, 6.07) is 13.5. The molecule has 0 amide bonds. The van der Waals surface area contributed by atoms with Gasteiger partial charge in [-0.3, -0.25) is 0 Å². The Kier molecular flexibility index (Phi) is 3.75. The fraction of sp³-hybridized carbons (Fsp3) is 0.333. The van der Waals surface area contributed by atoms with E-state index in [1.54, 1.807) is 6.07 Å². The summed E-state index contributed by atoms with van der Waals surface area (Å²) in [6.45, 7) is 8.42. The maximum absolute atomic E-state index is 14.0. The van der Waals surface area contributed by atoms with E-state index in [0.29, 0.717) is 0 Å². The third kappa shape index (κ3) is 2.56. The third-order valence-corrected chi connectivity index (χ3v) is 3.92. The van der Waals surface area contributed by atoms with E-state index in [1.165, 1.54) is 22.8 Å². The quantitative estimate of drug-likeness (QED) is 0.723.